The molecule has 0 radical (unpaired) electrons. The van der Waals surface area contributed by atoms with Gasteiger partial charge < -0.3 is 0 Å². The number of hydrogen-bond donors (Lipinski definition) is 0. The van der Waals surface area contributed by atoms with Crippen LogP contribution in [0.15, 0.2) is 10.4 Å². The Hall–Kier alpha value is -0.0200. The molecule has 0 N–H and O–H groups in total. The van der Waals surface area contributed by atoms with Crippen molar-refractivity contribution >= 4 is 23.1 Å². The maximum absolute atomic E-state index is 4.21. The van der Waals surface area contributed by atoms with Crippen molar-refractivity contribution in [1.29, 1.82) is 0 Å². The summed E-state index contributed by atoms with van der Waals surface area (Å²) in [6, 6.07) is 0. The van der Waals surface area contributed by atoms with Gasteiger partial charge in [0, 0.05) is 5.38 Å². The van der Waals surface area contributed by atoms with Gasteiger partial charge in [0.05, 0.1) is 5.01 Å². The largest absolute Gasteiger partial charge is 0.235 e. The van der Waals surface area contributed by atoms with Gasteiger partial charge in [-0.05, 0) is 13.2 Å². The highest BCUT2D eigenvalue weighted by molar-refractivity contribution is 7.98. The number of thioether (sulfide) groups is 1. The van der Waals surface area contributed by atoms with Crippen molar-refractivity contribution in [3.8, 4) is 0 Å². The summed E-state index contributed by atoms with van der Waals surface area (Å²) in [6.45, 7) is 2.02. The van der Waals surface area contributed by atoms with Gasteiger partial charge in [-0.3, -0.25) is 0 Å². The molecule has 0 aliphatic rings. The molecule has 3 heteroatoms. The van der Waals surface area contributed by atoms with E-state index in [0.29, 0.717) is 0 Å². The molecule has 44 valence electrons. The SMILES string of the molecule is CSc1csc(C)n1. The van der Waals surface area contributed by atoms with E-state index >= 15 is 0 Å². The van der Waals surface area contributed by atoms with Crippen molar-refractivity contribution in [2.45, 2.75) is 11.9 Å². The number of thiazole rings is 1. The zero-order valence-electron chi connectivity index (χ0n) is 4.84. The molecule has 1 aromatic heterocycles. The van der Waals surface area contributed by atoms with Crippen LogP contribution in [0.4, 0.5) is 0 Å². The van der Waals surface area contributed by atoms with Gasteiger partial charge in [-0.15, -0.1) is 23.1 Å². The fourth-order valence-corrected chi connectivity index (χ4v) is 1.73. The van der Waals surface area contributed by atoms with Crippen molar-refractivity contribution in [1.82, 2.24) is 4.98 Å². The third kappa shape index (κ3) is 1.23. The van der Waals surface area contributed by atoms with Crippen LogP contribution in [0.2, 0.25) is 0 Å². The summed E-state index contributed by atoms with van der Waals surface area (Å²) in [5.74, 6) is 0. The van der Waals surface area contributed by atoms with Crippen molar-refractivity contribution in [2.75, 3.05) is 6.26 Å². The molecule has 0 spiro atoms. The van der Waals surface area contributed by atoms with Crippen molar-refractivity contribution < 1.29 is 0 Å². The number of rotatable bonds is 1. The minimum Gasteiger partial charge on any atom is -0.235 e. The number of nitrogens with zero attached hydrogens (tertiary/aromatic N) is 1. The Kier molecular flexibility index (Phi) is 1.91. The van der Waals surface area contributed by atoms with Crippen LogP contribution < -0.4 is 0 Å². The highest BCUT2D eigenvalue weighted by atomic mass is 32.2. The topological polar surface area (TPSA) is 12.9 Å². The highest BCUT2D eigenvalue weighted by Crippen LogP contribution is 2.16. The molecule has 8 heavy (non-hydrogen) atoms. The highest BCUT2D eigenvalue weighted by Gasteiger charge is 1.91. The van der Waals surface area contributed by atoms with Crippen LogP contribution in [0.25, 0.3) is 0 Å². The normalized spacial score (nSPS) is 9.75. The molecule has 0 bridgehead atoms. The first-order valence-corrected chi connectivity index (χ1v) is 4.39. The first kappa shape index (κ1) is 6.11. The van der Waals surface area contributed by atoms with E-state index in [2.05, 4.69) is 10.4 Å². The third-order valence-corrected chi connectivity index (χ3v) is 2.36. The van der Waals surface area contributed by atoms with E-state index in [1.807, 2.05) is 13.2 Å². The maximum Gasteiger partial charge on any atom is 0.107 e. The second-order valence-electron chi connectivity index (χ2n) is 1.41. The fraction of sp³-hybridized carbons (Fsp3) is 0.400. The predicted molar refractivity (Wildman–Crippen MR) is 38.6 cm³/mol. The van der Waals surface area contributed by atoms with Crippen molar-refractivity contribution in [3.63, 3.8) is 0 Å². The van der Waals surface area contributed by atoms with Crippen molar-refractivity contribution in [2.24, 2.45) is 0 Å². The lowest BCUT2D eigenvalue weighted by Gasteiger charge is -1.79. The molecule has 1 heterocycles. The number of aromatic nitrogens is 1. The molecule has 0 saturated carbocycles. The minimum atomic E-state index is 1.13. The zero-order valence-corrected chi connectivity index (χ0v) is 6.47. The lowest BCUT2D eigenvalue weighted by Crippen LogP contribution is -1.66. The molecule has 0 unspecified atom stereocenters. The summed E-state index contributed by atoms with van der Waals surface area (Å²) >= 11 is 3.39. The smallest absolute Gasteiger partial charge is 0.107 e. The van der Waals surface area contributed by atoms with Gasteiger partial charge in [-0.25, -0.2) is 4.98 Å². The third-order valence-electron chi connectivity index (χ3n) is 0.807. The van der Waals surface area contributed by atoms with Crippen LogP contribution in [0.5, 0.6) is 0 Å². The van der Waals surface area contributed by atoms with Gasteiger partial charge in [0.25, 0.3) is 0 Å². The predicted octanol–water partition coefficient (Wildman–Crippen LogP) is 2.17. The van der Waals surface area contributed by atoms with Gasteiger partial charge in [0.1, 0.15) is 5.03 Å². The Morgan fingerprint density at radius 3 is 2.75 bits per heavy atom. The first-order valence-electron chi connectivity index (χ1n) is 2.29. The molecule has 1 aromatic rings. The molecule has 0 atom stereocenters. The van der Waals surface area contributed by atoms with Crippen LogP contribution in [0, 0.1) is 6.92 Å². The lowest BCUT2D eigenvalue weighted by molar-refractivity contribution is 1.15. The van der Waals surface area contributed by atoms with Gasteiger partial charge >= 0.3 is 0 Å². The Morgan fingerprint density at radius 2 is 2.50 bits per heavy atom. The molecule has 0 amide bonds. The summed E-state index contributed by atoms with van der Waals surface area (Å²) < 4.78 is 0. The summed E-state index contributed by atoms with van der Waals surface area (Å²) in [7, 11) is 0. The van der Waals surface area contributed by atoms with Crippen molar-refractivity contribution in [3.05, 3.63) is 10.4 Å². The summed E-state index contributed by atoms with van der Waals surface area (Å²) in [6.07, 6.45) is 2.04. The van der Waals surface area contributed by atoms with E-state index in [1.165, 1.54) is 0 Å². The van der Waals surface area contributed by atoms with E-state index in [4.69, 9.17) is 0 Å². The fourth-order valence-electron chi connectivity index (χ4n) is 0.437. The second kappa shape index (κ2) is 2.51. The molecule has 0 saturated heterocycles. The average Bonchev–Trinajstić information content (AvgIpc) is 2.14. The van der Waals surface area contributed by atoms with Gasteiger partial charge in [-0.1, -0.05) is 0 Å². The van der Waals surface area contributed by atoms with Gasteiger partial charge in [-0.2, -0.15) is 0 Å². The van der Waals surface area contributed by atoms with Gasteiger partial charge in [0.15, 0.2) is 0 Å². The van der Waals surface area contributed by atoms with Crippen LogP contribution in [0.3, 0.4) is 0 Å². The van der Waals surface area contributed by atoms with E-state index in [9.17, 15) is 0 Å². The summed E-state index contributed by atoms with van der Waals surface area (Å²) in [5.41, 5.74) is 0. The van der Waals surface area contributed by atoms with E-state index in [-0.39, 0.29) is 0 Å². The van der Waals surface area contributed by atoms with Crippen LogP contribution >= 0.6 is 23.1 Å². The zero-order chi connectivity index (χ0) is 5.98. The molecular weight excluding hydrogens is 138 g/mol. The quantitative estimate of drug-likeness (QED) is 0.562. The Labute approximate surface area is 57.1 Å². The van der Waals surface area contributed by atoms with E-state index < -0.39 is 0 Å². The molecular formula is C5H7NS2. The molecule has 1 rings (SSSR count). The van der Waals surface area contributed by atoms with Crippen LogP contribution in [-0.2, 0) is 0 Å². The minimum absolute atomic E-state index is 1.13. The molecule has 0 aromatic carbocycles. The lowest BCUT2D eigenvalue weighted by atomic mass is 10.8. The standard InChI is InChI=1S/C5H7NS2/c1-4-6-5(7-2)3-8-4/h3H,1-2H3. The van der Waals surface area contributed by atoms with E-state index in [1.54, 1.807) is 23.1 Å². The molecule has 0 fully saturated rings. The molecule has 0 aliphatic heterocycles. The monoisotopic (exact) mass is 145 g/mol. The maximum atomic E-state index is 4.21. The Morgan fingerprint density at radius 1 is 1.75 bits per heavy atom. The Balaban J connectivity index is 2.84. The van der Waals surface area contributed by atoms with Gasteiger partial charge in [0.2, 0.25) is 0 Å². The number of hydrogen-bond acceptors (Lipinski definition) is 3. The van der Waals surface area contributed by atoms with Crippen LogP contribution in [0.1, 0.15) is 5.01 Å². The van der Waals surface area contributed by atoms with E-state index in [0.717, 1.165) is 10.0 Å². The second-order valence-corrected chi connectivity index (χ2v) is 3.30. The first-order chi connectivity index (χ1) is 3.83. The molecule has 1 nitrogen and oxygen atoms in total. The van der Waals surface area contributed by atoms with Crippen LogP contribution in [-0.4, -0.2) is 11.2 Å². The summed E-state index contributed by atoms with van der Waals surface area (Å²) in [5, 5.41) is 4.35. The average molecular weight is 145 g/mol. The Bertz CT molecular complexity index is 171. The summed E-state index contributed by atoms with van der Waals surface area (Å²) in [4.78, 5) is 4.21. The number of aryl methyl sites for hydroxylation is 1. The molecule has 0 aliphatic carbocycles.